The summed E-state index contributed by atoms with van der Waals surface area (Å²) in [6.07, 6.45) is 1.31. The highest BCUT2D eigenvalue weighted by Crippen LogP contribution is 2.20. The van der Waals surface area contributed by atoms with E-state index in [0.717, 1.165) is 16.8 Å². The quantitative estimate of drug-likeness (QED) is 0.657. The number of aryl methyl sites for hydroxylation is 2. The fourth-order valence-electron chi connectivity index (χ4n) is 2.81. The van der Waals surface area contributed by atoms with Gasteiger partial charge >= 0.3 is 5.97 Å². The van der Waals surface area contributed by atoms with E-state index < -0.39 is 11.9 Å². The van der Waals surface area contributed by atoms with Crippen molar-refractivity contribution in [1.29, 1.82) is 0 Å². The summed E-state index contributed by atoms with van der Waals surface area (Å²) in [5.74, 6) is -0.496. The molecular formula is C21H20N4O3. The number of hydrogen-bond donors (Lipinski definition) is 2. The number of anilines is 3. The van der Waals surface area contributed by atoms with Crippen LogP contribution in [0.1, 0.15) is 32.0 Å². The monoisotopic (exact) mass is 376 g/mol. The molecule has 0 aliphatic heterocycles. The maximum atomic E-state index is 12.6. The summed E-state index contributed by atoms with van der Waals surface area (Å²) >= 11 is 0. The summed E-state index contributed by atoms with van der Waals surface area (Å²) in [6.45, 7) is 4.02. The third-order valence-electron chi connectivity index (χ3n) is 3.97. The van der Waals surface area contributed by atoms with Crippen LogP contribution >= 0.6 is 0 Å². The number of carbonyl (C=O) groups excluding carboxylic acids is 2. The third-order valence-corrected chi connectivity index (χ3v) is 3.97. The molecule has 0 saturated heterocycles. The molecule has 1 heterocycles. The molecule has 0 aliphatic carbocycles. The number of amides is 1. The van der Waals surface area contributed by atoms with Crippen LogP contribution in [-0.4, -0.2) is 29.0 Å². The van der Waals surface area contributed by atoms with Gasteiger partial charge in [0.25, 0.3) is 5.91 Å². The molecular weight excluding hydrogens is 356 g/mol. The van der Waals surface area contributed by atoms with Crippen molar-refractivity contribution in [2.45, 2.75) is 13.8 Å². The smallest absolute Gasteiger partial charge is 0.339 e. The van der Waals surface area contributed by atoms with Crippen molar-refractivity contribution < 1.29 is 14.3 Å². The Morgan fingerprint density at radius 3 is 2.39 bits per heavy atom. The number of methoxy groups -OCH3 is 1. The van der Waals surface area contributed by atoms with Gasteiger partial charge in [-0.15, -0.1) is 0 Å². The lowest BCUT2D eigenvalue weighted by Gasteiger charge is -2.11. The number of nitrogens with one attached hydrogen (secondary N) is 2. The summed E-state index contributed by atoms with van der Waals surface area (Å²) in [4.78, 5) is 32.7. The number of rotatable bonds is 5. The first-order valence-corrected chi connectivity index (χ1v) is 8.62. The lowest BCUT2D eigenvalue weighted by molar-refractivity contribution is 0.0602. The number of nitrogens with zero attached hydrogens (tertiary/aromatic N) is 2. The zero-order chi connectivity index (χ0) is 20.1. The molecule has 1 aromatic heterocycles. The lowest BCUT2D eigenvalue weighted by atomic mass is 10.1. The maximum absolute atomic E-state index is 12.6. The minimum atomic E-state index is -0.532. The Kier molecular flexibility index (Phi) is 5.64. The molecule has 0 aliphatic rings. The van der Waals surface area contributed by atoms with E-state index in [1.807, 2.05) is 26.0 Å². The van der Waals surface area contributed by atoms with Gasteiger partial charge in [0.15, 0.2) is 0 Å². The van der Waals surface area contributed by atoms with Gasteiger partial charge in [-0.2, -0.15) is 0 Å². The minimum absolute atomic E-state index is 0.168. The molecule has 0 spiro atoms. The van der Waals surface area contributed by atoms with Crippen molar-refractivity contribution in [2.24, 2.45) is 0 Å². The van der Waals surface area contributed by atoms with Crippen LogP contribution in [0.15, 0.2) is 54.9 Å². The van der Waals surface area contributed by atoms with Gasteiger partial charge in [0.2, 0.25) is 0 Å². The standard InChI is InChI=1S/C21H20N4O3/c1-13-8-14(2)10-15(9-13)24-19-11-18(22-12-23-19)20(26)25-17-7-5-4-6-16(17)21(27)28-3/h4-12H,1-3H3,(H,25,26)(H,22,23,24). The molecule has 7 heteroatoms. The van der Waals surface area contributed by atoms with E-state index in [0.29, 0.717) is 11.5 Å². The Labute approximate surface area is 162 Å². The average molecular weight is 376 g/mol. The molecule has 3 rings (SSSR count). The Bertz CT molecular complexity index is 1010. The second kappa shape index (κ2) is 8.30. The number of hydrogen-bond acceptors (Lipinski definition) is 6. The summed E-state index contributed by atoms with van der Waals surface area (Å²) in [5.41, 5.74) is 3.89. The minimum Gasteiger partial charge on any atom is -0.465 e. The molecule has 2 N–H and O–H groups in total. The van der Waals surface area contributed by atoms with E-state index >= 15 is 0 Å². The van der Waals surface area contributed by atoms with Crippen molar-refractivity contribution in [1.82, 2.24) is 9.97 Å². The number of carbonyl (C=O) groups is 2. The fourth-order valence-corrected chi connectivity index (χ4v) is 2.81. The first-order valence-electron chi connectivity index (χ1n) is 8.62. The summed E-state index contributed by atoms with van der Waals surface area (Å²) < 4.78 is 4.74. The highest BCUT2D eigenvalue weighted by Gasteiger charge is 2.15. The van der Waals surface area contributed by atoms with E-state index in [2.05, 4.69) is 26.7 Å². The molecule has 1 amide bonds. The molecule has 7 nitrogen and oxygen atoms in total. The molecule has 0 radical (unpaired) electrons. The lowest BCUT2D eigenvalue weighted by Crippen LogP contribution is -2.17. The Hall–Kier alpha value is -3.74. The molecule has 142 valence electrons. The van der Waals surface area contributed by atoms with Gasteiger partial charge < -0.3 is 15.4 Å². The second-order valence-electron chi connectivity index (χ2n) is 6.28. The number of para-hydroxylation sites is 1. The van der Waals surface area contributed by atoms with Crippen LogP contribution < -0.4 is 10.6 Å². The van der Waals surface area contributed by atoms with Crippen LogP contribution in [0.3, 0.4) is 0 Å². The van der Waals surface area contributed by atoms with Gasteiger partial charge in [-0.25, -0.2) is 14.8 Å². The van der Waals surface area contributed by atoms with Gasteiger partial charge in [0.05, 0.1) is 18.4 Å². The SMILES string of the molecule is COC(=O)c1ccccc1NC(=O)c1cc(Nc2cc(C)cc(C)c2)ncn1. The highest BCUT2D eigenvalue weighted by atomic mass is 16.5. The van der Waals surface area contributed by atoms with Gasteiger partial charge in [-0.1, -0.05) is 18.2 Å². The van der Waals surface area contributed by atoms with Crippen molar-refractivity contribution in [2.75, 3.05) is 17.7 Å². The number of ether oxygens (including phenoxy) is 1. The normalized spacial score (nSPS) is 10.2. The molecule has 3 aromatic rings. The van der Waals surface area contributed by atoms with Crippen molar-refractivity contribution in [3.05, 3.63) is 77.2 Å². The van der Waals surface area contributed by atoms with E-state index in [-0.39, 0.29) is 11.3 Å². The molecule has 0 unspecified atom stereocenters. The average Bonchev–Trinajstić information content (AvgIpc) is 2.67. The predicted octanol–water partition coefficient (Wildman–Crippen LogP) is 3.88. The number of aromatic nitrogens is 2. The second-order valence-corrected chi connectivity index (χ2v) is 6.28. The van der Waals surface area contributed by atoms with Gasteiger partial charge in [0, 0.05) is 11.8 Å². The van der Waals surface area contributed by atoms with E-state index in [4.69, 9.17) is 4.74 Å². The molecule has 0 fully saturated rings. The summed E-state index contributed by atoms with van der Waals surface area (Å²) in [7, 11) is 1.29. The summed E-state index contributed by atoms with van der Waals surface area (Å²) in [5, 5.41) is 5.87. The largest absolute Gasteiger partial charge is 0.465 e. The summed E-state index contributed by atoms with van der Waals surface area (Å²) in [6, 6.07) is 14.2. The Morgan fingerprint density at radius 1 is 0.964 bits per heavy atom. The van der Waals surface area contributed by atoms with Crippen LogP contribution in [0, 0.1) is 13.8 Å². The maximum Gasteiger partial charge on any atom is 0.339 e. The number of esters is 1. The van der Waals surface area contributed by atoms with Crippen LogP contribution in [0.4, 0.5) is 17.2 Å². The van der Waals surface area contributed by atoms with E-state index in [1.165, 1.54) is 13.4 Å². The fraction of sp³-hybridized carbons (Fsp3) is 0.143. The van der Waals surface area contributed by atoms with E-state index in [1.54, 1.807) is 30.3 Å². The third kappa shape index (κ3) is 4.50. The molecule has 0 bridgehead atoms. The van der Waals surface area contributed by atoms with Gasteiger partial charge in [-0.3, -0.25) is 4.79 Å². The van der Waals surface area contributed by atoms with E-state index in [9.17, 15) is 9.59 Å². The molecule has 2 aromatic carbocycles. The zero-order valence-electron chi connectivity index (χ0n) is 15.8. The zero-order valence-corrected chi connectivity index (χ0v) is 15.8. The molecule has 28 heavy (non-hydrogen) atoms. The predicted molar refractivity (Wildman–Crippen MR) is 107 cm³/mol. The van der Waals surface area contributed by atoms with Crippen molar-refractivity contribution in [3.8, 4) is 0 Å². The first kappa shape index (κ1) is 19.0. The topological polar surface area (TPSA) is 93.2 Å². The van der Waals surface area contributed by atoms with Crippen LogP contribution in [0.25, 0.3) is 0 Å². The highest BCUT2D eigenvalue weighted by molar-refractivity contribution is 6.07. The first-order chi connectivity index (χ1) is 13.5. The van der Waals surface area contributed by atoms with Gasteiger partial charge in [-0.05, 0) is 49.2 Å². The van der Waals surface area contributed by atoms with Crippen molar-refractivity contribution >= 4 is 29.1 Å². The Morgan fingerprint density at radius 2 is 1.68 bits per heavy atom. The van der Waals surface area contributed by atoms with Gasteiger partial charge in [0.1, 0.15) is 17.8 Å². The number of benzene rings is 2. The molecule has 0 atom stereocenters. The Balaban J connectivity index is 1.80. The van der Waals surface area contributed by atoms with Crippen molar-refractivity contribution in [3.63, 3.8) is 0 Å². The van der Waals surface area contributed by atoms with Crippen LogP contribution in [0.2, 0.25) is 0 Å². The molecule has 0 saturated carbocycles. The van der Waals surface area contributed by atoms with Crippen LogP contribution in [0.5, 0.6) is 0 Å². The van der Waals surface area contributed by atoms with Crippen LogP contribution in [-0.2, 0) is 4.74 Å².